The molecule has 0 radical (unpaired) electrons. The van der Waals surface area contributed by atoms with Gasteiger partial charge < -0.3 is 9.15 Å². The van der Waals surface area contributed by atoms with Gasteiger partial charge in [-0.2, -0.15) is 0 Å². The zero-order valence-corrected chi connectivity index (χ0v) is 15.9. The third-order valence-electron chi connectivity index (χ3n) is 3.78. The molecule has 0 N–H and O–H groups in total. The van der Waals surface area contributed by atoms with Crippen molar-refractivity contribution in [1.82, 2.24) is 15.0 Å². The molecule has 136 valence electrons. The number of esters is 1. The van der Waals surface area contributed by atoms with E-state index in [4.69, 9.17) is 20.8 Å². The van der Waals surface area contributed by atoms with Crippen LogP contribution in [0, 0.1) is 0 Å². The molecule has 0 atom stereocenters. The summed E-state index contributed by atoms with van der Waals surface area (Å²) in [5, 5.41) is 0. The lowest BCUT2D eigenvalue weighted by Crippen LogP contribution is -2.08. The van der Waals surface area contributed by atoms with Crippen LogP contribution in [0.2, 0.25) is 4.34 Å². The van der Waals surface area contributed by atoms with Gasteiger partial charge in [-0.3, -0.25) is 9.78 Å². The number of carbonyl (C=O) groups excluding carboxylic acids is 1. The molecule has 0 unspecified atom stereocenters. The van der Waals surface area contributed by atoms with Gasteiger partial charge in [0.15, 0.2) is 5.76 Å². The third-order valence-corrected chi connectivity index (χ3v) is 5.01. The molecule has 0 aliphatic carbocycles. The fourth-order valence-electron chi connectivity index (χ4n) is 2.62. The van der Waals surface area contributed by atoms with Crippen LogP contribution in [0.1, 0.15) is 12.6 Å². The van der Waals surface area contributed by atoms with Crippen molar-refractivity contribution >= 4 is 39.9 Å². The highest BCUT2D eigenvalue weighted by molar-refractivity contribution is 7.19. The Bertz CT molecular complexity index is 1120. The average Bonchev–Trinajstić information content (AvgIpc) is 3.27. The number of oxazole rings is 1. The van der Waals surface area contributed by atoms with Crippen LogP contribution < -0.4 is 0 Å². The van der Waals surface area contributed by atoms with E-state index in [0.717, 1.165) is 15.9 Å². The van der Waals surface area contributed by atoms with E-state index in [1.165, 1.54) is 11.3 Å². The lowest BCUT2D eigenvalue weighted by Gasteiger charge is -2.00. The first-order valence-corrected chi connectivity index (χ1v) is 9.46. The van der Waals surface area contributed by atoms with Crippen LogP contribution >= 0.6 is 22.9 Å². The summed E-state index contributed by atoms with van der Waals surface area (Å²) >= 11 is 7.40. The summed E-state index contributed by atoms with van der Waals surface area (Å²) in [6, 6.07) is 11.1. The van der Waals surface area contributed by atoms with E-state index >= 15 is 0 Å². The van der Waals surface area contributed by atoms with Crippen molar-refractivity contribution in [3.63, 3.8) is 0 Å². The summed E-state index contributed by atoms with van der Waals surface area (Å²) < 4.78 is 11.6. The maximum atomic E-state index is 12.0. The second kappa shape index (κ2) is 7.46. The van der Waals surface area contributed by atoms with Crippen molar-refractivity contribution in [1.29, 1.82) is 0 Å². The van der Waals surface area contributed by atoms with Crippen molar-refractivity contribution in [2.75, 3.05) is 6.61 Å². The van der Waals surface area contributed by atoms with Gasteiger partial charge in [0, 0.05) is 0 Å². The van der Waals surface area contributed by atoms with E-state index in [1.807, 2.05) is 30.3 Å². The van der Waals surface area contributed by atoms with Crippen LogP contribution in [-0.4, -0.2) is 27.5 Å². The lowest BCUT2D eigenvalue weighted by atomic mass is 10.2. The Labute approximate surface area is 163 Å². The van der Waals surface area contributed by atoms with Crippen LogP contribution in [-0.2, 0) is 16.0 Å². The minimum absolute atomic E-state index is 0.00318. The van der Waals surface area contributed by atoms with Gasteiger partial charge in [0.25, 0.3) is 0 Å². The molecule has 4 rings (SSSR count). The Kier molecular flexibility index (Phi) is 4.87. The normalized spacial score (nSPS) is 11.0. The third kappa shape index (κ3) is 3.70. The zero-order chi connectivity index (χ0) is 18.8. The molecule has 6 nitrogen and oxygen atoms in total. The van der Waals surface area contributed by atoms with Gasteiger partial charge in [0.05, 0.1) is 45.2 Å². The average molecular weight is 400 g/mol. The number of hydrogen-bond acceptors (Lipinski definition) is 7. The molecule has 4 aromatic rings. The molecule has 0 saturated carbocycles. The van der Waals surface area contributed by atoms with Crippen LogP contribution in [0.5, 0.6) is 0 Å². The van der Waals surface area contributed by atoms with Gasteiger partial charge >= 0.3 is 5.97 Å². The number of aromatic nitrogens is 3. The number of para-hydroxylation sites is 2. The number of fused-ring (bicyclic) bond motifs is 1. The van der Waals surface area contributed by atoms with Crippen molar-refractivity contribution in [3.8, 4) is 22.2 Å². The topological polar surface area (TPSA) is 78.1 Å². The van der Waals surface area contributed by atoms with Gasteiger partial charge in [-0.15, -0.1) is 11.3 Å². The minimum atomic E-state index is -0.370. The zero-order valence-electron chi connectivity index (χ0n) is 14.3. The lowest BCUT2D eigenvalue weighted by molar-refractivity contribution is -0.142. The summed E-state index contributed by atoms with van der Waals surface area (Å²) in [7, 11) is 0. The Balaban J connectivity index is 1.78. The summed E-state index contributed by atoms with van der Waals surface area (Å²) in [6.45, 7) is 2.07. The molecule has 3 aromatic heterocycles. The van der Waals surface area contributed by atoms with Gasteiger partial charge in [-0.1, -0.05) is 23.7 Å². The minimum Gasteiger partial charge on any atom is -0.466 e. The standard InChI is InChI=1S/C19H14ClN3O3S/c1-2-25-17(24)9-13-18(15-7-8-16(20)27-15)26-19(23-13)14-10-21-11-5-3-4-6-12(11)22-14/h3-8,10H,2,9H2,1H3. The predicted molar refractivity (Wildman–Crippen MR) is 104 cm³/mol. The number of carbonyl (C=O) groups is 1. The Morgan fingerprint density at radius 2 is 2.00 bits per heavy atom. The first-order valence-electron chi connectivity index (χ1n) is 8.27. The number of nitrogens with zero attached hydrogens (tertiary/aromatic N) is 3. The van der Waals surface area contributed by atoms with E-state index in [1.54, 1.807) is 19.2 Å². The highest BCUT2D eigenvalue weighted by Gasteiger charge is 2.21. The van der Waals surface area contributed by atoms with E-state index < -0.39 is 0 Å². The fraction of sp³-hybridized carbons (Fsp3) is 0.158. The van der Waals surface area contributed by atoms with Crippen molar-refractivity contribution in [2.24, 2.45) is 0 Å². The second-order valence-corrected chi connectivity index (χ2v) is 7.34. The molecule has 0 saturated heterocycles. The monoisotopic (exact) mass is 399 g/mol. The molecular formula is C19H14ClN3O3S. The van der Waals surface area contributed by atoms with Gasteiger partial charge in [0.1, 0.15) is 5.69 Å². The number of hydrogen-bond donors (Lipinski definition) is 0. The largest absolute Gasteiger partial charge is 0.466 e. The molecule has 0 fully saturated rings. The summed E-state index contributed by atoms with van der Waals surface area (Å²) in [6.07, 6.45) is 1.61. The summed E-state index contributed by atoms with van der Waals surface area (Å²) in [5.41, 5.74) is 2.50. The Hall–Kier alpha value is -2.77. The number of ether oxygens (including phenoxy) is 1. The molecule has 0 aliphatic heterocycles. The van der Waals surface area contributed by atoms with Crippen LogP contribution in [0.15, 0.2) is 47.0 Å². The molecule has 0 aliphatic rings. The molecule has 0 amide bonds. The molecule has 1 aromatic carbocycles. The van der Waals surface area contributed by atoms with Crippen LogP contribution in [0.3, 0.4) is 0 Å². The quantitative estimate of drug-likeness (QED) is 0.450. The smallest absolute Gasteiger partial charge is 0.312 e. The Morgan fingerprint density at radius 3 is 2.74 bits per heavy atom. The van der Waals surface area contributed by atoms with E-state index in [0.29, 0.717) is 34.0 Å². The first kappa shape index (κ1) is 17.6. The molecule has 8 heteroatoms. The molecule has 0 spiro atoms. The maximum absolute atomic E-state index is 12.0. The van der Waals surface area contributed by atoms with Gasteiger partial charge in [-0.05, 0) is 31.2 Å². The van der Waals surface area contributed by atoms with Crippen LogP contribution in [0.4, 0.5) is 0 Å². The van der Waals surface area contributed by atoms with Crippen LogP contribution in [0.25, 0.3) is 33.3 Å². The van der Waals surface area contributed by atoms with Crippen molar-refractivity contribution in [2.45, 2.75) is 13.3 Å². The highest BCUT2D eigenvalue weighted by Crippen LogP contribution is 2.36. The number of rotatable bonds is 5. The van der Waals surface area contributed by atoms with E-state index in [2.05, 4.69) is 15.0 Å². The van der Waals surface area contributed by atoms with Gasteiger partial charge in [-0.25, -0.2) is 9.97 Å². The van der Waals surface area contributed by atoms with E-state index in [-0.39, 0.29) is 12.4 Å². The predicted octanol–water partition coefficient (Wildman–Crippen LogP) is 4.77. The molecule has 27 heavy (non-hydrogen) atoms. The first-order chi connectivity index (χ1) is 13.1. The molecule has 3 heterocycles. The maximum Gasteiger partial charge on any atom is 0.312 e. The SMILES string of the molecule is CCOC(=O)Cc1nc(-c2cnc3ccccc3n2)oc1-c1ccc(Cl)s1. The van der Waals surface area contributed by atoms with Gasteiger partial charge in [0.2, 0.25) is 5.89 Å². The summed E-state index contributed by atoms with van der Waals surface area (Å²) in [4.78, 5) is 26.2. The van der Waals surface area contributed by atoms with Crippen molar-refractivity contribution in [3.05, 3.63) is 52.6 Å². The number of benzene rings is 1. The number of thiophene rings is 1. The second-order valence-electron chi connectivity index (χ2n) is 5.62. The molecular weight excluding hydrogens is 386 g/mol. The molecule has 0 bridgehead atoms. The van der Waals surface area contributed by atoms with E-state index in [9.17, 15) is 4.79 Å². The number of halogens is 1. The van der Waals surface area contributed by atoms with Crippen molar-refractivity contribution < 1.29 is 13.9 Å². The summed E-state index contributed by atoms with van der Waals surface area (Å²) in [5.74, 6) is 0.419. The highest BCUT2D eigenvalue weighted by atomic mass is 35.5. The fourth-order valence-corrected chi connectivity index (χ4v) is 3.67. The Morgan fingerprint density at radius 1 is 1.19 bits per heavy atom.